The van der Waals surface area contributed by atoms with E-state index in [0.717, 1.165) is 12.2 Å². The van der Waals surface area contributed by atoms with Gasteiger partial charge in [-0.05, 0) is 48.7 Å². The average Bonchev–Trinajstić information content (AvgIpc) is 2.41. The minimum atomic E-state index is 0.668. The number of hydrogen-bond donors (Lipinski definition) is 1. The second kappa shape index (κ2) is 6.22. The van der Waals surface area contributed by atoms with Crippen LogP contribution in [-0.4, -0.2) is 13.2 Å². The molecule has 0 unspecified atom stereocenters. The molecule has 2 heteroatoms. The van der Waals surface area contributed by atoms with Gasteiger partial charge in [0.15, 0.2) is 0 Å². The summed E-state index contributed by atoms with van der Waals surface area (Å²) in [6.07, 6.45) is 0.888. The van der Waals surface area contributed by atoms with Crippen molar-refractivity contribution in [2.75, 3.05) is 13.2 Å². The van der Waals surface area contributed by atoms with Gasteiger partial charge >= 0.3 is 0 Å². The van der Waals surface area contributed by atoms with E-state index >= 15 is 0 Å². The van der Waals surface area contributed by atoms with E-state index in [4.69, 9.17) is 10.5 Å². The first kappa shape index (κ1) is 12.7. The first-order valence-corrected chi connectivity index (χ1v) is 6.30. The smallest absolute Gasteiger partial charge is 0.119 e. The molecule has 18 heavy (non-hydrogen) atoms. The second-order valence-corrected chi connectivity index (χ2v) is 4.33. The molecule has 0 heterocycles. The third kappa shape index (κ3) is 3.11. The van der Waals surface area contributed by atoms with E-state index in [-0.39, 0.29) is 0 Å². The van der Waals surface area contributed by atoms with Gasteiger partial charge in [0.2, 0.25) is 0 Å². The lowest BCUT2D eigenvalue weighted by Gasteiger charge is -2.08. The van der Waals surface area contributed by atoms with Gasteiger partial charge in [0.1, 0.15) is 5.75 Å². The van der Waals surface area contributed by atoms with Crippen LogP contribution in [0.25, 0.3) is 11.1 Å². The topological polar surface area (TPSA) is 35.2 Å². The van der Waals surface area contributed by atoms with E-state index < -0.39 is 0 Å². The van der Waals surface area contributed by atoms with Gasteiger partial charge in [-0.25, -0.2) is 0 Å². The molecule has 0 aliphatic rings. The van der Waals surface area contributed by atoms with Gasteiger partial charge in [0, 0.05) is 0 Å². The second-order valence-electron chi connectivity index (χ2n) is 4.33. The number of nitrogens with two attached hydrogens (primary N) is 1. The number of hydrogen-bond acceptors (Lipinski definition) is 2. The Hall–Kier alpha value is -1.80. The van der Waals surface area contributed by atoms with E-state index in [0.29, 0.717) is 13.2 Å². The van der Waals surface area contributed by atoms with Crippen LogP contribution in [0.15, 0.2) is 48.5 Å². The first-order chi connectivity index (χ1) is 8.81. The highest BCUT2D eigenvalue weighted by molar-refractivity contribution is 5.67. The maximum absolute atomic E-state index is 5.59. The van der Waals surface area contributed by atoms with Gasteiger partial charge in [0.25, 0.3) is 0 Å². The molecule has 0 saturated carbocycles. The monoisotopic (exact) mass is 241 g/mol. The molecule has 0 aliphatic carbocycles. The lowest BCUT2D eigenvalue weighted by Crippen LogP contribution is -2.05. The summed E-state index contributed by atoms with van der Waals surface area (Å²) in [6, 6.07) is 16.6. The van der Waals surface area contributed by atoms with Crippen molar-refractivity contribution in [1.29, 1.82) is 0 Å². The minimum Gasteiger partial charge on any atom is -0.494 e. The summed E-state index contributed by atoms with van der Waals surface area (Å²) in [5, 5.41) is 0. The van der Waals surface area contributed by atoms with Crippen LogP contribution in [-0.2, 0) is 0 Å². The third-order valence-corrected chi connectivity index (χ3v) is 2.93. The lowest BCUT2D eigenvalue weighted by atomic mass is 10.0. The van der Waals surface area contributed by atoms with Crippen LogP contribution < -0.4 is 10.5 Å². The van der Waals surface area contributed by atoms with Crippen LogP contribution in [0, 0.1) is 6.92 Å². The number of rotatable bonds is 5. The van der Waals surface area contributed by atoms with E-state index in [1.807, 2.05) is 12.1 Å². The summed E-state index contributed by atoms with van der Waals surface area (Å²) < 4.78 is 5.59. The third-order valence-electron chi connectivity index (χ3n) is 2.93. The normalized spacial score (nSPS) is 10.3. The fourth-order valence-electron chi connectivity index (χ4n) is 1.90. The van der Waals surface area contributed by atoms with Gasteiger partial charge in [-0.15, -0.1) is 0 Å². The largest absolute Gasteiger partial charge is 0.494 e. The maximum atomic E-state index is 5.59. The number of aryl methyl sites for hydroxylation is 1. The Labute approximate surface area is 108 Å². The lowest BCUT2D eigenvalue weighted by molar-refractivity contribution is 0.313. The predicted octanol–water partition coefficient (Wildman–Crippen LogP) is 3.39. The van der Waals surface area contributed by atoms with E-state index in [1.165, 1.54) is 16.7 Å². The molecule has 94 valence electrons. The highest BCUT2D eigenvalue weighted by Crippen LogP contribution is 2.25. The summed E-state index contributed by atoms with van der Waals surface area (Å²) in [4.78, 5) is 0. The van der Waals surface area contributed by atoms with Crippen LogP contribution in [0.3, 0.4) is 0 Å². The van der Waals surface area contributed by atoms with Crippen molar-refractivity contribution in [2.45, 2.75) is 13.3 Å². The molecule has 0 bridgehead atoms. The van der Waals surface area contributed by atoms with Crippen molar-refractivity contribution in [3.63, 3.8) is 0 Å². The molecular formula is C16H19NO. The van der Waals surface area contributed by atoms with Crippen molar-refractivity contribution >= 4 is 0 Å². The van der Waals surface area contributed by atoms with Gasteiger partial charge < -0.3 is 10.5 Å². The summed E-state index contributed by atoms with van der Waals surface area (Å²) in [5.74, 6) is 0.904. The summed E-state index contributed by atoms with van der Waals surface area (Å²) in [6.45, 7) is 3.47. The van der Waals surface area contributed by atoms with Crippen molar-refractivity contribution < 1.29 is 4.74 Å². The molecule has 0 atom stereocenters. The molecule has 0 saturated heterocycles. The SMILES string of the molecule is Cc1ccccc1-c1ccc(OCCCN)cc1. The van der Waals surface area contributed by atoms with E-state index in [1.54, 1.807) is 0 Å². The summed E-state index contributed by atoms with van der Waals surface area (Å²) in [5.41, 5.74) is 9.21. The maximum Gasteiger partial charge on any atom is 0.119 e. The Morgan fingerprint density at radius 3 is 2.39 bits per heavy atom. The Balaban J connectivity index is 2.10. The molecule has 2 N–H and O–H groups in total. The van der Waals surface area contributed by atoms with Gasteiger partial charge in [-0.1, -0.05) is 36.4 Å². The molecule has 0 radical (unpaired) electrons. The van der Waals surface area contributed by atoms with E-state index in [9.17, 15) is 0 Å². The minimum absolute atomic E-state index is 0.668. The Bertz CT molecular complexity index is 491. The molecule has 0 amide bonds. The number of benzene rings is 2. The molecule has 0 aromatic heterocycles. The van der Waals surface area contributed by atoms with Crippen molar-refractivity contribution in [2.24, 2.45) is 5.73 Å². The van der Waals surface area contributed by atoms with Crippen molar-refractivity contribution in [1.82, 2.24) is 0 Å². The zero-order valence-electron chi connectivity index (χ0n) is 10.7. The Morgan fingerprint density at radius 2 is 1.72 bits per heavy atom. The van der Waals surface area contributed by atoms with Crippen LogP contribution in [0.1, 0.15) is 12.0 Å². The Morgan fingerprint density at radius 1 is 1.00 bits per heavy atom. The fourth-order valence-corrected chi connectivity index (χ4v) is 1.90. The van der Waals surface area contributed by atoms with E-state index in [2.05, 4.69) is 43.3 Å². The fraction of sp³-hybridized carbons (Fsp3) is 0.250. The molecule has 2 rings (SSSR count). The van der Waals surface area contributed by atoms with Gasteiger partial charge in [0.05, 0.1) is 6.61 Å². The van der Waals surface area contributed by atoms with Gasteiger partial charge in [-0.2, -0.15) is 0 Å². The number of ether oxygens (including phenoxy) is 1. The summed E-state index contributed by atoms with van der Waals surface area (Å²) >= 11 is 0. The van der Waals surface area contributed by atoms with Crippen LogP contribution >= 0.6 is 0 Å². The van der Waals surface area contributed by atoms with Crippen molar-refractivity contribution in [3.8, 4) is 16.9 Å². The van der Waals surface area contributed by atoms with Crippen LogP contribution in [0.2, 0.25) is 0 Å². The molecule has 2 aromatic carbocycles. The molecule has 2 aromatic rings. The van der Waals surface area contributed by atoms with Crippen LogP contribution in [0.4, 0.5) is 0 Å². The quantitative estimate of drug-likeness (QED) is 0.814. The average molecular weight is 241 g/mol. The highest BCUT2D eigenvalue weighted by atomic mass is 16.5. The van der Waals surface area contributed by atoms with Crippen molar-refractivity contribution in [3.05, 3.63) is 54.1 Å². The molecule has 2 nitrogen and oxygen atoms in total. The molecular weight excluding hydrogens is 222 g/mol. The zero-order chi connectivity index (χ0) is 12.8. The predicted molar refractivity (Wildman–Crippen MR) is 75.8 cm³/mol. The molecule has 0 aliphatic heterocycles. The van der Waals surface area contributed by atoms with Gasteiger partial charge in [-0.3, -0.25) is 0 Å². The zero-order valence-corrected chi connectivity index (χ0v) is 10.7. The Kier molecular flexibility index (Phi) is 4.37. The highest BCUT2D eigenvalue weighted by Gasteiger charge is 2.01. The molecule has 0 spiro atoms. The standard InChI is InChI=1S/C16H19NO/c1-13-5-2-3-6-16(13)14-7-9-15(10-8-14)18-12-4-11-17/h2-3,5-10H,4,11-12,17H2,1H3. The first-order valence-electron chi connectivity index (χ1n) is 6.30. The molecule has 0 fully saturated rings. The summed E-state index contributed by atoms with van der Waals surface area (Å²) in [7, 11) is 0. The van der Waals surface area contributed by atoms with Crippen LogP contribution in [0.5, 0.6) is 5.75 Å².